The van der Waals surface area contributed by atoms with E-state index in [4.69, 9.17) is 9.84 Å². The van der Waals surface area contributed by atoms with Crippen LogP contribution in [-0.4, -0.2) is 24.3 Å². The Hall–Kier alpha value is -2.39. The molecule has 31 heavy (non-hydrogen) atoms. The molecule has 0 radical (unpaired) electrons. The van der Waals surface area contributed by atoms with Crippen LogP contribution in [0.3, 0.4) is 0 Å². The number of hydrogen-bond donors (Lipinski definition) is 1. The van der Waals surface area contributed by atoms with Crippen LogP contribution in [0.25, 0.3) is 6.08 Å². The average molecular weight is 423 g/mol. The van der Waals surface area contributed by atoms with Gasteiger partial charge in [0.05, 0.1) is 5.56 Å². The van der Waals surface area contributed by atoms with Gasteiger partial charge in [0, 0.05) is 13.2 Å². The summed E-state index contributed by atoms with van der Waals surface area (Å²) in [5.74, 6) is -0.903. The monoisotopic (exact) mass is 422 g/mol. The maximum absolute atomic E-state index is 11.1. The first kappa shape index (κ1) is 24.9. The van der Waals surface area contributed by atoms with Gasteiger partial charge in [0.2, 0.25) is 0 Å². The van der Waals surface area contributed by atoms with Gasteiger partial charge in [-0.05, 0) is 72.3 Å². The summed E-state index contributed by atoms with van der Waals surface area (Å²) < 4.78 is 5.56. The van der Waals surface area contributed by atoms with E-state index in [2.05, 4.69) is 64.2 Å². The number of aromatic carboxylic acids is 1. The van der Waals surface area contributed by atoms with Gasteiger partial charge in [0.25, 0.3) is 0 Å². The highest BCUT2D eigenvalue weighted by molar-refractivity contribution is 5.87. The Kier molecular flexibility index (Phi) is 9.06. The molecule has 168 valence electrons. The molecular weight excluding hydrogens is 384 g/mol. The lowest BCUT2D eigenvalue weighted by molar-refractivity contribution is 0.0697. The van der Waals surface area contributed by atoms with Crippen LogP contribution >= 0.6 is 0 Å². The predicted octanol–water partition coefficient (Wildman–Crippen LogP) is 7.47. The van der Waals surface area contributed by atoms with Crippen LogP contribution in [0.4, 0.5) is 0 Å². The fourth-order valence-electron chi connectivity index (χ4n) is 3.48. The highest BCUT2D eigenvalue weighted by Gasteiger charge is 2.22. The third-order valence-corrected chi connectivity index (χ3v) is 5.79. The highest BCUT2D eigenvalue weighted by Crippen LogP contribution is 2.35. The van der Waals surface area contributed by atoms with E-state index in [1.54, 1.807) is 12.1 Å². The van der Waals surface area contributed by atoms with Crippen molar-refractivity contribution >= 4 is 12.0 Å². The first-order chi connectivity index (χ1) is 14.6. The van der Waals surface area contributed by atoms with Crippen LogP contribution < -0.4 is 0 Å². The fourth-order valence-corrected chi connectivity index (χ4v) is 3.48. The Bertz CT molecular complexity index is 849. The molecule has 1 aliphatic carbocycles. The van der Waals surface area contributed by atoms with Crippen LogP contribution in [0, 0.1) is 10.8 Å². The highest BCUT2D eigenvalue weighted by atomic mass is 16.5. The van der Waals surface area contributed by atoms with E-state index in [1.807, 2.05) is 19.1 Å². The number of carbonyl (C=O) groups is 1. The third-order valence-electron chi connectivity index (χ3n) is 5.79. The first-order valence-corrected chi connectivity index (χ1v) is 11.3. The standard InChI is InChI=1S/C28H38O3/c1-6-31-21-7-8-23-15-17-27(2,3)19-20-28(4,5)18-16-24(23)12-9-22-10-13-25(14-11-22)26(29)30/h9-18H,6-8,19-21H2,1-5H3,(H,29,30)/b12-9+,17-15?,18-16+,24-23?. The van der Waals surface area contributed by atoms with E-state index < -0.39 is 5.97 Å². The van der Waals surface area contributed by atoms with E-state index in [0.717, 1.165) is 44.5 Å². The van der Waals surface area contributed by atoms with Gasteiger partial charge in [-0.15, -0.1) is 0 Å². The number of rotatable bonds is 8. The first-order valence-electron chi connectivity index (χ1n) is 11.3. The number of ether oxygens (including phenoxy) is 1. The molecule has 0 saturated heterocycles. The van der Waals surface area contributed by atoms with E-state index in [-0.39, 0.29) is 10.8 Å². The van der Waals surface area contributed by atoms with Crippen molar-refractivity contribution in [1.82, 2.24) is 0 Å². The van der Waals surface area contributed by atoms with Crippen molar-refractivity contribution in [2.75, 3.05) is 13.2 Å². The molecule has 1 N–H and O–H groups in total. The average Bonchev–Trinajstić information content (AvgIpc) is 2.72. The lowest BCUT2D eigenvalue weighted by atomic mass is 9.77. The third kappa shape index (κ3) is 8.70. The Morgan fingerprint density at radius 3 is 2.19 bits per heavy atom. The van der Waals surface area contributed by atoms with E-state index in [1.165, 1.54) is 11.1 Å². The molecule has 0 fully saturated rings. The summed E-state index contributed by atoms with van der Waals surface area (Å²) in [6, 6.07) is 6.99. The molecule has 1 aromatic rings. The molecule has 1 aliphatic rings. The van der Waals surface area contributed by atoms with Crippen LogP contribution in [0.15, 0.2) is 65.8 Å². The van der Waals surface area contributed by atoms with Crippen molar-refractivity contribution in [3.05, 3.63) is 76.9 Å². The zero-order valence-corrected chi connectivity index (χ0v) is 19.8. The second kappa shape index (κ2) is 11.3. The number of benzene rings is 1. The van der Waals surface area contributed by atoms with Crippen molar-refractivity contribution in [3.63, 3.8) is 0 Å². The van der Waals surface area contributed by atoms with Gasteiger partial charge in [-0.25, -0.2) is 4.79 Å². The summed E-state index contributed by atoms with van der Waals surface area (Å²) in [5.41, 5.74) is 4.07. The normalized spacial score (nSPS) is 19.5. The van der Waals surface area contributed by atoms with Gasteiger partial charge in [-0.2, -0.15) is 0 Å². The molecule has 0 aromatic heterocycles. The number of hydrogen-bond acceptors (Lipinski definition) is 2. The molecular formula is C28H38O3. The van der Waals surface area contributed by atoms with Crippen molar-refractivity contribution in [2.24, 2.45) is 10.8 Å². The maximum atomic E-state index is 11.1. The summed E-state index contributed by atoms with van der Waals surface area (Å²) in [7, 11) is 0. The van der Waals surface area contributed by atoms with Gasteiger partial charge in [-0.1, -0.05) is 76.3 Å². The van der Waals surface area contributed by atoms with Crippen molar-refractivity contribution in [2.45, 2.75) is 60.3 Å². The predicted molar refractivity (Wildman–Crippen MR) is 130 cm³/mol. The summed E-state index contributed by atoms with van der Waals surface area (Å²) in [6.45, 7) is 12.7. The molecule has 2 rings (SSSR count). The molecule has 0 amide bonds. The summed E-state index contributed by atoms with van der Waals surface area (Å²) >= 11 is 0. The summed E-state index contributed by atoms with van der Waals surface area (Å²) in [6.07, 6.45) is 17.7. The summed E-state index contributed by atoms with van der Waals surface area (Å²) in [4.78, 5) is 11.1. The Morgan fingerprint density at radius 1 is 1.00 bits per heavy atom. The number of allylic oxidation sites excluding steroid dienone is 7. The second-order valence-electron chi connectivity index (χ2n) is 9.69. The van der Waals surface area contributed by atoms with Gasteiger partial charge in [0.1, 0.15) is 0 Å². The maximum Gasteiger partial charge on any atom is 0.335 e. The van der Waals surface area contributed by atoms with Gasteiger partial charge < -0.3 is 9.84 Å². The zero-order valence-electron chi connectivity index (χ0n) is 19.8. The molecule has 0 atom stereocenters. The Labute approximate surface area is 188 Å². The molecule has 0 saturated carbocycles. The van der Waals surface area contributed by atoms with E-state index in [0.29, 0.717) is 5.56 Å². The topological polar surface area (TPSA) is 46.5 Å². The fraction of sp³-hybridized carbons (Fsp3) is 0.464. The van der Waals surface area contributed by atoms with Crippen LogP contribution in [0.1, 0.15) is 76.2 Å². The van der Waals surface area contributed by atoms with Crippen molar-refractivity contribution in [1.29, 1.82) is 0 Å². The van der Waals surface area contributed by atoms with E-state index >= 15 is 0 Å². The molecule has 3 heteroatoms. The van der Waals surface area contributed by atoms with Crippen LogP contribution in [-0.2, 0) is 4.74 Å². The van der Waals surface area contributed by atoms with Gasteiger partial charge in [0.15, 0.2) is 0 Å². The Morgan fingerprint density at radius 2 is 1.61 bits per heavy atom. The molecule has 0 aliphatic heterocycles. The molecule has 0 bridgehead atoms. The molecule has 1 aromatic carbocycles. The van der Waals surface area contributed by atoms with Crippen LogP contribution in [0.2, 0.25) is 0 Å². The van der Waals surface area contributed by atoms with Crippen LogP contribution in [0.5, 0.6) is 0 Å². The zero-order chi connectivity index (χ0) is 22.9. The van der Waals surface area contributed by atoms with Gasteiger partial charge in [-0.3, -0.25) is 0 Å². The second-order valence-corrected chi connectivity index (χ2v) is 9.69. The SMILES string of the molecule is CCOCCCC1=C(/C=C/c2ccc(C(=O)O)cc2)/C=C/C(C)(C)CCC(C)(C)C=C1. The van der Waals surface area contributed by atoms with Crippen molar-refractivity contribution < 1.29 is 14.6 Å². The molecule has 3 nitrogen and oxygen atoms in total. The minimum absolute atomic E-state index is 0.126. The smallest absolute Gasteiger partial charge is 0.335 e. The molecule has 0 spiro atoms. The van der Waals surface area contributed by atoms with E-state index in [9.17, 15) is 4.79 Å². The Balaban J connectivity index is 2.41. The van der Waals surface area contributed by atoms with Gasteiger partial charge >= 0.3 is 5.97 Å². The molecule has 0 heterocycles. The lowest BCUT2D eigenvalue weighted by Gasteiger charge is -2.28. The van der Waals surface area contributed by atoms with Crippen molar-refractivity contribution in [3.8, 4) is 0 Å². The quantitative estimate of drug-likeness (QED) is 0.442. The molecule has 0 unspecified atom stereocenters. The summed E-state index contributed by atoms with van der Waals surface area (Å²) in [5, 5.41) is 9.11. The minimum atomic E-state index is -0.903. The minimum Gasteiger partial charge on any atom is -0.478 e. The number of carboxylic acids is 1. The largest absolute Gasteiger partial charge is 0.478 e. The number of carboxylic acid groups (broad SMARTS) is 1. The lowest BCUT2D eigenvalue weighted by Crippen LogP contribution is -2.15.